The molecule has 2 aromatic carbocycles. The first kappa shape index (κ1) is 23.9. The number of sulfonamides is 1. The van der Waals surface area contributed by atoms with E-state index in [0.29, 0.717) is 45.1 Å². The van der Waals surface area contributed by atoms with Crippen molar-refractivity contribution in [1.82, 2.24) is 19.2 Å². The van der Waals surface area contributed by atoms with Crippen LogP contribution in [0, 0.1) is 0 Å². The van der Waals surface area contributed by atoms with Gasteiger partial charge < -0.3 is 14.4 Å². The molecule has 2 aliphatic rings. The number of methoxy groups -OCH3 is 1. The fraction of sp³-hybridized carbons (Fsp3) is 0.440. The van der Waals surface area contributed by atoms with E-state index in [2.05, 4.69) is 22.8 Å². The van der Waals surface area contributed by atoms with Crippen LogP contribution >= 0.6 is 0 Å². The maximum atomic E-state index is 13.1. The summed E-state index contributed by atoms with van der Waals surface area (Å²) in [5.74, 6) is 2.34. The van der Waals surface area contributed by atoms with Gasteiger partial charge in [0, 0.05) is 44.7 Å². The summed E-state index contributed by atoms with van der Waals surface area (Å²) in [4.78, 5) is 14.7. The van der Waals surface area contributed by atoms with Gasteiger partial charge in [-0.15, -0.1) is 0 Å². The minimum atomic E-state index is -3.55. The van der Waals surface area contributed by atoms with Crippen LogP contribution in [0.4, 0.5) is 5.82 Å². The number of morpholine rings is 1. The zero-order valence-corrected chi connectivity index (χ0v) is 20.9. The Morgan fingerprint density at radius 3 is 2.29 bits per heavy atom. The summed E-state index contributed by atoms with van der Waals surface area (Å²) in [6, 6.07) is 14.6. The minimum absolute atomic E-state index is 0.0368. The molecule has 0 amide bonds. The third kappa shape index (κ3) is 4.84. The van der Waals surface area contributed by atoms with Crippen LogP contribution in [-0.4, -0.2) is 87.2 Å². The average molecular weight is 498 g/mol. The van der Waals surface area contributed by atoms with Gasteiger partial charge in [0.05, 0.1) is 36.8 Å². The smallest absolute Gasteiger partial charge is 0.243 e. The standard InChI is InChI=1S/C25H31N5O4S/c1-19(24-26-23-6-4-3-5-22(23)25(27-24)29-15-17-34-18-16-29)28-11-13-30(14-12-28)35(31,32)21-9-7-20(33-2)8-10-21/h3-10,19H,11-18H2,1-2H3/t19-/m1/s1. The molecule has 0 aliphatic carbocycles. The molecule has 1 atom stereocenters. The molecule has 0 saturated carbocycles. The van der Waals surface area contributed by atoms with Gasteiger partial charge in [-0.05, 0) is 43.3 Å². The fourth-order valence-corrected chi connectivity index (χ4v) is 6.09. The van der Waals surface area contributed by atoms with E-state index < -0.39 is 10.0 Å². The minimum Gasteiger partial charge on any atom is -0.497 e. The van der Waals surface area contributed by atoms with Gasteiger partial charge in [-0.2, -0.15) is 4.31 Å². The Balaban J connectivity index is 1.33. The highest BCUT2D eigenvalue weighted by Gasteiger charge is 2.31. The number of hydrogen-bond donors (Lipinski definition) is 0. The molecule has 5 rings (SSSR count). The third-order valence-electron chi connectivity index (χ3n) is 6.80. The van der Waals surface area contributed by atoms with E-state index >= 15 is 0 Å². The van der Waals surface area contributed by atoms with Crippen molar-refractivity contribution in [2.45, 2.75) is 17.9 Å². The Bertz CT molecular complexity index is 1270. The molecular weight excluding hydrogens is 466 g/mol. The molecule has 2 saturated heterocycles. The van der Waals surface area contributed by atoms with Crippen molar-refractivity contribution in [1.29, 1.82) is 0 Å². The fourth-order valence-electron chi connectivity index (χ4n) is 4.67. The summed E-state index contributed by atoms with van der Waals surface area (Å²) < 4.78 is 38.5. The molecule has 2 fully saturated rings. The highest BCUT2D eigenvalue weighted by atomic mass is 32.2. The van der Waals surface area contributed by atoms with Crippen LogP contribution in [0.1, 0.15) is 18.8 Å². The summed E-state index contributed by atoms with van der Waals surface area (Å²) in [6.07, 6.45) is 0. The molecule has 0 bridgehead atoms. The molecule has 9 nitrogen and oxygen atoms in total. The third-order valence-corrected chi connectivity index (χ3v) is 8.72. The number of aromatic nitrogens is 2. The van der Waals surface area contributed by atoms with Crippen LogP contribution in [0.3, 0.4) is 0 Å². The van der Waals surface area contributed by atoms with Gasteiger partial charge in [-0.1, -0.05) is 12.1 Å². The lowest BCUT2D eigenvalue weighted by atomic mass is 10.1. The molecule has 0 N–H and O–H groups in total. The van der Waals surface area contributed by atoms with Gasteiger partial charge in [-0.3, -0.25) is 4.90 Å². The van der Waals surface area contributed by atoms with E-state index in [4.69, 9.17) is 19.4 Å². The molecule has 0 spiro atoms. The van der Waals surface area contributed by atoms with Crippen molar-refractivity contribution in [2.24, 2.45) is 0 Å². The van der Waals surface area contributed by atoms with Gasteiger partial charge in [0.2, 0.25) is 10.0 Å². The number of nitrogens with zero attached hydrogens (tertiary/aromatic N) is 5. The Hall–Kier alpha value is -2.79. The lowest BCUT2D eigenvalue weighted by Crippen LogP contribution is -2.49. The summed E-state index contributed by atoms with van der Waals surface area (Å²) >= 11 is 0. The SMILES string of the molecule is COc1ccc(S(=O)(=O)N2CCN([C@H](C)c3nc(N4CCOCC4)c4ccccc4n3)CC2)cc1. The largest absolute Gasteiger partial charge is 0.497 e. The first-order valence-electron chi connectivity index (χ1n) is 11.9. The van der Waals surface area contributed by atoms with Crippen molar-refractivity contribution in [2.75, 3.05) is 64.5 Å². The molecule has 35 heavy (non-hydrogen) atoms. The average Bonchev–Trinajstić information content (AvgIpc) is 2.92. The first-order chi connectivity index (χ1) is 17.0. The van der Waals surface area contributed by atoms with Crippen LogP contribution in [0.2, 0.25) is 0 Å². The zero-order chi connectivity index (χ0) is 24.4. The quantitative estimate of drug-likeness (QED) is 0.514. The number of piperazine rings is 1. The molecule has 0 radical (unpaired) electrons. The maximum Gasteiger partial charge on any atom is 0.243 e. The monoisotopic (exact) mass is 497 g/mol. The number of anilines is 1. The van der Waals surface area contributed by atoms with Crippen molar-refractivity contribution in [3.05, 3.63) is 54.4 Å². The van der Waals surface area contributed by atoms with Crippen LogP contribution < -0.4 is 9.64 Å². The van der Waals surface area contributed by atoms with Crippen molar-refractivity contribution in [3.8, 4) is 5.75 Å². The maximum absolute atomic E-state index is 13.1. The lowest BCUT2D eigenvalue weighted by molar-refractivity contribution is 0.122. The molecule has 3 aromatic rings. The van der Waals surface area contributed by atoms with Gasteiger partial charge in [-0.25, -0.2) is 18.4 Å². The summed E-state index contributed by atoms with van der Waals surface area (Å²) in [5, 5.41) is 1.04. The van der Waals surface area contributed by atoms with E-state index in [1.165, 1.54) is 0 Å². The molecule has 186 valence electrons. The number of benzene rings is 2. The topological polar surface area (TPSA) is 88.1 Å². The summed E-state index contributed by atoms with van der Waals surface area (Å²) in [5.41, 5.74) is 0.923. The first-order valence-corrected chi connectivity index (χ1v) is 13.4. The predicted molar refractivity (Wildman–Crippen MR) is 134 cm³/mol. The van der Waals surface area contributed by atoms with Gasteiger partial charge in [0.1, 0.15) is 17.4 Å². The molecule has 0 unspecified atom stereocenters. The molecule has 2 aliphatic heterocycles. The highest BCUT2D eigenvalue weighted by molar-refractivity contribution is 7.89. The van der Waals surface area contributed by atoms with Crippen LogP contribution in [0.15, 0.2) is 53.4 Å². The second-order valence-electron chi connectivity index (χ2n) is 8.81. The summed E-state index contributed by atoms with van der Waals surface area (Å²) in [6.45, 7) is 7.14. The van der Waals surface area contributed by atoms with E-state index in [0.717, 1.165) is 35.6 Å². The molecule has 1 aromatic heterocycles. The van der Waals surface area contributed by atoms with E-state index in [1.54, 1.807) is 35.7 Å². The number of rotatable bonds is 6. The second-order valence-corrected chi connectivity index (χ2v) is 10.8. The number of fused-ring (bicyclic) bond motifs is 1. The molecule has 10 heteroatoms. The van der Waals surface area contributed by atoms with Crippen molar-refractivity contribution in [3.63, 3.8) is 0 Å². The lowest BCUT2D eigenvalue weighted by Gasteiger charge is -2.37. The highest BCUT2D eigenvalue weighted by Crippen LogP contribution is 2.29. The zero-order valence-electron chi connectivity index (χ0n) is 20.1. The Morgan fingerprint density at radius 1 is 0.914 bits per heavy atom. The molecule has 3 heterocycles. The van der Waals surface area contributed by atoms with Gasteiger partial charge in [0.25, 0.3) is 0 Å². The Labute approximate surface area is 206 Å². The Morgan fingerprint density at radius 2 is 1.60 bits per heavy atom. The van der Waals surface area contributed by atoms with Crippen LogP contribution in [-0.2, 0) is 14.8 Å². The molecular formula is C25H31N5O4S. The summed E-state index contributed by atoms with van der Waals surface area (Å²) in [7, 11) is -1.99. The Kier molecular flexibility index (Phi) is 6.88. The van der Waals surface area contributed by atoms with E-state index in [9.17, 15) is 8.42 Å². The van der Waals surface area contributed by atoms with E-state index in [1.807, 2.05) is 18.2 Å². The van der Waals surface area contributed by atoms with E-state index in [-0.39, 0.29) is 10.9 Å². The second kappa shape index (κ2) is 10.1. The number of para-hydroxylation sites is 1. The van der Waals surface area contributed by atoms with Crippen LogP contribution in [0.5, 0.6) is 5.75 Å². The van der Waals surface area contributed by atoms with Crippen molar-refractivity contribution >= 4 is 26.7 Å². The van der Waals surface area contributed by atoms with Gasteiger partial charge >= 0.3 is 0 Å². The van der Waals surface area contributed by atoms with Gasteiger partial charge in [0.15, 0.2) is 0 Å². The normalized spacial score (nSPS) is 19.1. The van der Waals surface area contributed by atoms with Crippen LogP contribution in [0.25, 0.3) is 10.9 Å². The number of ether oxygens (including phenoxy) is 2. The predicted octanol–water partition coefficient (Wildman–Crippen LogP) is 2.54. The number of hydrogen-bond acceptors (Lipinski definition) is 8. The van der Waals surface area contributed by atoms with Crippen molar-refractivity contribution < 1.29 is 17.9 Å².